The molecule has 148 valence electrons. The molecule has 2 aromatic carbocycles. The van der Waals surface area contributed by atoms with E-state index in [-0.39, 0.29) is 5.82 Å². The quantitative estimate of drug-likeness (QED) is 0.277. The van der Waals surface area contributed by atoms with E-state index in [2.05, 4.69) is 25.3 Å². The van der Waals surface area contributed by atoms with Crippen molar-refractivity contribution >= 4 is 34.6 Å². The molecular formula is C20H18FN5O2S. The van der Waals surface area contributed by atoms with Gasteiger partial charge in [0.05, 0.1) is 24.8 Å². The number of aryl methyl sites for hydroxylation is 2. The molecule has 0 amide bonds. The van der Waals surface area contributed by atoms with E-state index in [0.717, 1.165) is 44.9 Å². The third-order valence-corrected chi connectivity index (χ3v) is 4.94. The van der Waals surface area contributed by atoms with Gasteiger partial charge < -0.3 is 5.32 Å². The van der Waals surface area contributed by atoms with E-state index in [4.69, 9.17) is 4.33 Å². The SMILES string of the molecule is COOSc1ccc(Nc2nc(-c3ccc(F)cc3)nc3c(C)nn(C)c23)cc1. The largest absolute Gasteiger partial charge is 0.338 e. The maximum absolute atomic E-state index is 13.3. The summed E-state index contributed by atoms with van der Waals surface area (Å²) in [5.41, 5.74) is 3.89. The zero-order chi connectivity index (χ0) is 20.4. The number of anilines is 2. The van der Waals surface area contributed by atoms with Crippen molar-refractivity contribution in [2.24, 2.45) is 7.05 Å². The van der Waals surface area contributed by atoms with E-state index in [9.17, 15) is 4.39 Å². The summed E-state index contributed by atoms with van der Waals surface area (Å²) in [7, 11) is 3.31. The van der Waals surface area contributed by atoms with Crippen molar-refractivity contribution in [1.29, 1.82) is 0 Å². The average molecular weight is 411 g/mol. The number of nitrogens with zero attached hydrogens (tertiary/aromatic N) is 4. The van der Waals surface area contributed by atoms with Gasteiger partial charge in [-0.3, -0.25) is 4.68 Å². The molecule has 9 heteroatoms. The van der Waals surface area contributed by atoms with Gasteiger partial charge in [0.2, 0.25) is 0 Å². The second kappa shape index (κ2) is 8.16. The lowest BCUT2D eigenvalue weighted by Gasteiger charge is -2.10. The van der Waals surface area contributed by atoms with Crippen LogP contribution in [-0.4, -0.2) is 26.9 Å². The van der Waals surface area contributed by atoms with Crippen LogP contribution in [0.25, 0.3) is 22.4 Å². The van der Waals surface area contributed by atoms with Gasteiger partial charge in [0.25, 0.3) is 0 Å². The van der Waals surface area contributed by atoms with Crippen molar-refractivity contribution in [3.8, 4) is 11.4 Å². The summed E-state index contributed by atoms with van der Waals surface area (Å²) in [6, 6.07) is 13.7. The van der Waals surface area contributed by atoms with Crippen LogP contribution in [0.4, 0.5) is 15.9 Å². The van der Waals surface area contributed by atoms with Crippen molar-refractivity contribution in [1.82, 2.24) is 19.7 Å². The highest BCUT2D eigenvalue weighted by atomic mass is 32.2. The average Bonchev–Trinajstić information content (AvgIpc) is 3.02. The van der Waals surface area contributed by atoms with Crippen LogP contribution in [0.3, 0.4) is 0 Å². The standard InChI is InChI=1S/C20H18FN5O2S/c1-12-17-18(26(2)25-12)20(22-15-8-10-16(11-9-15)29-28-27-3)24-19(23-17)13-4-6-14(21)7-5-13/h4-11H,1-3H3,(H,22,23,24). The maximum atomic E-state index is 13.3. The van der Waals surface area contributed by atoms with Crippen LogP contribution in [0, 0.1) is 12.7 Å². The van der Waals surface area contributed by atoms with Crippen LogP contribution in [0.5, 0.6) is 0 Å². The summed E-state index contributed by atoms with van der Waals surface area (Å²) >= 11 is 1.12. The highest BCUT2D eigenvalue weighted by molar-refractivity contribution is 7.94. The predicted molar refractivity (Wildman–Crippen MR) is 110 cm³/mol. The molecule has 0 radical (unpaired) electrons. The molecule has 0 aliphatic heterocycles. The minimum absolute atomic E-state index is 0.304. The van der Waals surface area contributed by atoms with Gasteiger partial charge >= 0.3 is 0 Å². The summed E-state index contributed by atoms with van der Waals surface area (Å²) < 4.78 is 19.9. The zero-order valence-corrected chi connectivity index (χ0v) is 16.8. The number of aromatic nitrogens is 4. The van der Waals surface area contributed by atoms with Crippen molar-refractivity contribution < 1.29 is 13.6 Å². The van der Waals surface area contributed by atoms with E-state index >= 15 is 0 Å². The van der Waals surface area contributed by atoms with E-state index < -0.39 is 0 Å². The number of fused-ring (bicyclic) bond motifs is 1. The maximum Gasteiger partial charge on any atom is 0.162 e. The number of hydrogen-bond donors (Lipinski definition) is 1. The molecule has 0 aliphatic carbocycles. The van der Waals surface area contributed by atoms with Gasteiger partial charge in [-0.05, 0) is 55.5 Å². The Hall–Kier alpha value is -3.01. The van der Waals surface area contributed by atoms with Crippen molar-refractivity contribution in [3.63, 3.8) is 0 Å². The minimum Gasteiger partial charge on any atom is -0.338 e. The molecule has 4 rings (SSSR count). The summed E-state index contributed by atoms with van der Waals surface area (Å²) in [6.45, 7) is 1.90. The zero-order valence-electron chi connectivity index (χ0n) is 16.0. The number of halogens is 1. The first-order chi connectivity index (χ1) is 14.0. The Bertz CT molecular complexity index is 1150. The Morgan fingerprint density at radius 2 is 1.76 bits per heavy atom. The fourth-order valence-electron chi connectivity index (χ4n) is 2.96. The molecule has 7 nitrogen and oxygen atoms in total. The second-order valence-corrected chi connectivity index (χ2v) is 7.05. The Labute approximate surface area is 171 Å². The summed E-state index contributed by atoms with van der Waals surface area (Å²) in [5, 5.41) is 7.81. The molecule has 0 atom stereocenters. The molecule has 0 unspecified atom stereocenters. The first-order valence-electron chi connectivity index (χ1n) is 8.77. The second-order valence-electron chi connectivity index (χ2n) is 6.28. The van der Waals surface area contributed by atoms with Gasteiger partial charge in [0.15, 0.2) is 11.6 Å². The van der Waals surface area contributed by atoms with Gasteiger partial charge in [-0.25, -0.2) is 19.2 Å². The number of benzene rings is 2. The first kappa shape index (κ1) is 19.3. The van der Waals surface area contributed by atoms with Gasteiger partial charge in [-0.2, -0.15) is 9.43 Å². The van der Waals surface area contributed by atoms with E-state index in [0.29, 0.717) is 11.6 Å². The van der Waals surface area contributed by atoms with Gasteiger partial charge in [0.1, 0.15) is 16.9 Å². The normalized spacial score (nSPS) is 11.2. The lowest BCUT2D eigenvalue weighted by atomic mass is 10.2. The van der Waals surface area contributed by atoms with Crippen LogP contribution < -0.4 is 5.32 Å². The van der Waals surface area contributed by atoms with E-state index in [1.165, 1.54) is 19.2 Å². The lowest BCUT2D eigenvalue weighted by molar-refractivity contribution is -0.160. The summed E-state index contributed by atoms with van der Waals surface area (Å²) in [6.07, 6.45) is 0. The Balaban J connectivity index is 1.75. The molecule has 2 heterocycles. The van der Waals surface area contributed by atoms with Crippen molar-refractivity contribution in [2.75, 3.05) is 12.4 Å². The first-order valence-corrected chi connectivity index (χ1v) is 9.51. The molecule has 0 fully saturated rings. The van der Waals surface area contributed by atoms with E-state index in [1.54, 1.807) is 16.8 Å². The monoisotopic (exact) mass is 411 g/mol. The van der Waals surface area contributed by atoms with Crippen molar-refractivity contribution in [3.05, 3.63) is 60.0 Å². The topological polar surface area (TPSA) is 74.1 Å². The fraction of sp³-hybridized carbons (Fsp3) is 0.150. The Kier molecular flexibility index (Phi) is 5.43. The molecule has 0 saturated heterocycles. The molecule has 1 N–H and O–H groups in total. The Morgan fingerprint density at radius 3 is 2.45 bits per heavy atom. The van der Waals surface area contributed by atoms with Crippen LogP contribution in [0.1, 0.15) is 5.69 Å². The van der Waals surface area contributed by atoms with Crippen LogP contribution >= 0.6 is 12.0 Å². The van der Waals surface area contributed by atoms with E-state index in [1.807, 2.05) is 38.2 Å². The highest BCUT2D eigenvalue weighted by Gasteiger charge is 2.16. The molecule has 4 aromatic rings. The van der Waals surface area contributed by atoms with Gasteiger partial charge in [0, 0.05) is 23.2 Å². The smallest absolute Gasteiger partial charge is 0.162 e. The lowest BCUT2D eigenvalue weighted by Crippen LogP contribution is -2.02. The molecule has 2 aromatic heterocycles. The molecular weight excluding hydrogens is 393 g/mol. The van der Waals surface area contributed by atoms with Crippen LogP contribution in [0.15, 0.2) is 53.4 Å². The minimum atomic E-state index is -0.304. The molecule has 0 spiro atoms. The molecule has 0 saturated carbocycles. The van der Waals surface area contributed by atoms with Gasteiger partial charge in [-0.15, -0.1) is 0 Å². The fourth-order valence-corrected chi connectivity index (χ4v) is 3.35. The predicted octanol–water partition coefficient (Wildman–Crippen LogP) is 4.81. The third-order valence-electron chi connectivity index (χ3n) is 4.27. The van der Waals surface area contributed by atoms with Gasteiger partial charge in [-0.1, -0.05) is 0 Å². The molecule has 0 bridgehead atoms. The number of hydrogen-bond acceptors (Lipinski definition) is 7. The van der Waals surface area contributed by atoms with Crippen LogP contribution in [-0.2, 0) is 16.3 Å². The highest BCUT2D eigenvalue weighted by Crippen LogP contribution is 2.29. The Morgan fingerprint density at radius 1 is 1.03 bits per heavy atom. The molecule has 0 aliphatic rings. The summed E-state index contributed by atoms with van der Waals surface area (Å²) in [4.78, 5) is 14.8. The van der Waals surface area contributed by atoms with Crippen LogP contribution in [0.2, 0.25) is 0 Å². The third kappa shape index (κ3) is 4.07. The molecule has 29 heavy (non-hydrogen) atoms. The summed E-state index contributed by atoms with van der Waals surface area (Å²) in [5.74, 6) is 0.809. The number of rotatable bonds is 6. The number of nitrogens with one attached hydrogen (secondary N) is 1. The van der Waals surface area contributed by atoms with Crippen molar-refractivity contribution in [2.45, 2.75) is 11.8 Å².